The second kappa shape index (κ2) is 4.91. The number of hydrogen-bond acceptors (Lipinski definition) is 1. The first kappa shape index (κ1) is 9.24. The van der Waals surface area contributed by atoms with Gasteiger partial charge in [0, 0.05) is 17.7 Å². The van der Waals surface area contributed by atoms with E-state index in [9.17, 15) is 4.79 Å². The fraction of sp³-hybridized carbons (Fsp3) is 0.889. The average Bonchev–Trinajstić information content (AvgIpc) is 2.04. The van der Waals surface area contributed by atoms with Gasteiger partial charge >= 0.3 is 0 Å². The number of rotatable bonds is 0. The Morgan fingerprint density at radius 2 is 1.73 bits per heavy atom. The minimum Gasteiger partial charge on any atom is -0.300 e. The lowest BCUT2D eigenvalue weighted by Crippen LogP contribution is -1.97. The number of alkyl halides is 1. The van der Waals surface area contributed by atoms with E-state index in [2.05, 4.69) is 15.9 Å². The van der Waals surface area contributed by atoms with Crippen molar-refractivity contribution < 1.29 is 4.79 Å². The lowest BCUT2D eigenvalue weighted by Gasteiger charge is -2.04. The van der Waals surface area contributed by atoms with Crippen molar-refractivity contribution in [2.24, 2.45) is 0 Å². The molecule has 0 aromatic heterocycles. The molecule has 0 heterocycles. The molecule has 1 nitrogen and oxygen atoms in total. The van der Waals surface area contributed by atoms with Crippen molar-refractivity contribution in [1.29, 1.82) is 0 Å². The van der Waals surface area contributed by atoms with Crippen molar-refractivity contribution in [2.45, 2.75) is 49.8 Å². The maximum atomic E-state index is 11.1. The predicted molar refractivity (Wildman–Crippen MR) is 50.0 cm³/mol. The van der Waals surface area contributed by atoms with Gasteiger partial charge in [0.25, 0.3) is 0 Å². The number of Topliss-reactive ketones (excluding diaryl/α,β-unsaturated/α-hetero) is 1. The Bertz CT molecular complexity index is 134. The van der Waals surface area contributed by atoms with Crippen LogP contribution in [0, 0.1) is 0 Å². The van der Waals surface area contributed by atoms with Crippen LogP contribution in [0.1, 0.15) is 44.9 Å². The molecule has 0 spiro atoms. The van der Waals surface area contributed by atoms with E-state index in [4.69, 9.17) is 0 Å². The summed E-state index contributed by atoms with van der Waals surface area (Å²) >= 11 is 3.62. The van der Waals surface area contributed by atoms with E-state index in [1.165, 1.54) is 19.3 Å². The Morgan fingerprint density at radius 1 is 1.09 bits per heavy atom. The first-order valence-corrected chi connectivity index (χ1v) is 5.36. The highest BCUT2D eigenvalue weighted by Crippen LogP contribution is 2.20. The van der Waals surface area contributed by atoms with E-state index in [1.807, 2.05) is 0 Å². The molecule has 0 bridgehead atoms. The Balaban J connectivity index is 2.29. The van der Waals surface area contributed by atoms with Gasteiger partial charge in [-0.1, -0.05) is 22.4 Å². The highest BCUT2D eigenvalue weighted by atomic mass is 79.9. The third kappa shape index (κ3) is 3.90. The largest absolute Gasteiger partial charge is 0.300 e. The summed E-state index contributed by atoms with van der Waals surface area (Å²) in [5.74, 6) is 0.464. The molecule has 1 atom stereocenters. The molecule has 1 saturated carbocycles. The lowest BCUT2D eigenvalue weighted by molar-refractivity contribution is -0.119. The van der Waals surface area contributed by atoms with E-state index in [0.717, 1.165) is 25.7 Å². The van der Waals surface area contributed by atoms with Crippen molar-refractivity contribution in [2.75, 3.05) is 0 Å². The van der Waals surface area contributed by atoms with Crippen LogP contribution in [-0.4, -0.2) is 10.6 Å². The minimum atomic E-state index is 0.464. The van der Waals surface area contributed by atoms with Crippen LogP contribution in [0.2, 0.25) is 0 Å². The van der Waals surface area contributed by atoms with Crippen LogP contribution in [0.4, 0.5) is 0 Å². The van der Waals surface area contributed by atoms with E-state index >= 15 is 0 Å². The summed E-state index contributed by atoms with van der Waals surface area (Å²) in [5, 5.41) is 0. The highest BCUT2D eigenvalue weighted by Gasteiger charge is 2.09. The van der Waals surface area contributed by atoms with E-state index in [0.29, 0.717) is 10.6 Å². The molecule has 64 valence electrons. The van der Waals surface area contributed by atoms with Crippen molar-refractivity contribution >= 4 is 21.7 Å². The van der Waals surface area contributed by atoms with Gasteiger partial charge in [0.15, 0.2) is 0 Å². The normalized spacial score (nSPS) is 28.8. The van der Waals surface area contributed by atoms with Crippen molar-refractivity contribution in [3.05, 3.63) is 0 Å². The molecular weight excluding hydrogens is 204 g/mol. The predicted octanol–water partition coefficient (Wildman–Crippen LogP) is 3.06. The van der Waals surface area contributed by atoms with Gasteiger partial charge in [0.05, 0.1) is 0 Å². The minimum absolute atomic E-state index is 0.464. The summed E-state index contributed by atoms with van der Waals surface area (Å²) in [7, 11) is 0. The molecule has 0 saturated heterocycles. The number of carbonyl (C=O) groups excluding carboxylic acids is 1. The smallest absolute Gasteiger partial charge is 0.132 e. The summed E-state index contributed by atoms with van der Waals surface area (Å²) in [5.41, 5.74) is 0. The van der Waals surface area contributed by atoms with Crippen LogP contribution in [0.25, 0.3) is 0 Å². The van der Waals surface area contributed by atoms with Crippen molar-refractivity contribution in [3.63, 3.8) is 0 Å². The van der Waals surface area contributed by atoms with Crippen LogP contribution >= 0.6 is 15.9 Å². The second-order valence-electron chi connectivity index (χ2n) is 3.27. The molecule has 0 aromatic carbocycles. The van der Waals surface area contributed by atoms with Crippen LogP contribution < -0.4 is 0 Å². The molecular formula is C9H15BrO. The molecule has 1 aliphatic carbocycles. The van der Waals surface area contributed by atoms with Crippen molar-refractivity contribution in [3.8, 4) is 0 Å². The van der Waals surface area contributed by atoms with Crippen LogP contribution in [0.3, 0.4) is 0 Å². The summed E-state index contributed by atoms with van der Waals surface area (Å²) in [6.07, 6.45) is 7.43. The molecule has 2 heteroatoms. The first-order chi connectivity index (χ1) is 5.29. The molecule has 1 fully saturated rings. The van der Waals surface area contributed by atoms with Crippen LogP contribution in [0.5, 0.6) is 0 Å². The number of hydrogen-bond donors (Lipinski definition) is 0. The zero-order valence-electron chi connectivity index (χ0n) is 6.81. The first-order valence-electron chi connectivity index (χ1n) is 4.45. The third-order valence-corrected chi connectivity index (χ3v) is 3.11. The number of ketones is 1. The van der Waals surface area contributed by atoms with Gasteiger partial charge in [-0.15, -0.1) is 0 Å². The topological polar surface area (TPSA) is 17.1 Å². The third-order valence-electron chi connectivity index (χ3n) is 2.20. The summed E-state index contributed by atoms with van der Waals surface area (Å²) in [6.45, 7) is 0. The SMILES string of the molecule is O=C1CCCCC(Br)CCC1. The van der Waals surface area contributed by atoms with Gasteiger partial charge < -0.3 is 0 Å². The molecule has 0 radical (unpaired) electrons. The summed E-state index contributed by atoms with van der Waals surface area (Å²) in [4.78, 5) is 11.7. The van der Waals surface area contributed by atoms with E-state index in [1.54, 1.807) is 0 Å². The van der Waals surface area contributed by atoms with Crippen molar-refractivity contribution in [1.82, 2.24) is 0 Å². The fourth-order valence-corrected chi connectivity index (χ4v) is 2.13. The van der Waals surface area contributed by atoms with Gasteiger partial charge in [-0.25, -0.2) is 0 Å². The molecule has 1 unspecified atom stereocenters. The zero-order valence-corrected chi connectivity index (χ0v) is 8.40. The van der Waals surface area contributed by atoms with Gasteiger partial charge in [0.2, 0.25) is 0 Å². The molecule has 0 aliphatic heterocycles. The monoisotopic (exact) mass is 218 g/mol. The Labute approximate surface area is 76.7 Å². The maximum Gasteiger partial charge on any atom is 0.132 e. The van der Waals surface area contributed by atoms with Gasteiger partial charge in [-0.2, -0.15) is 0 Å². The van der Waals surface area contributed by atoms with E-state index in [-0.39, 0.29) is 0 Å². The lowest BCUT2D eigenvalue weighted by atomic mass is 10.1. The zero-order chi connectivity index (χ0) is 8.10. The fourth-order valence-electron chi connectivity index (χ4n) is 1.48. The Hall–Kier alpha value is 0.150. The summed E-state index contributed by atoms with van der Waals surface area (Å²) < 4.78 is 0. The number of carbonyl (C=O) groups is 1. The van der Waals surface area contributed by atoms with Gasteiger partial charge in [-0.05, 0) is 25.7 Å². The Kier molecular flexibility index (Phi) is 4.13. The van der Waals surface area contributed by atoms with Gasteiger partial charge in [-0.3, -0.25) is 4.79 Å². The Morgan fingerprint density at radius 3 is 2.55 bits per heavy atom. The summed E-state index contributed by atoms with van der Waals surface area (Å²) in [6, 6.07) is 0. The number of halogens is 1. The van der Waals surface area contributed by atoms with Crippen LogP contribution in [0.15, 0.2) is 0 Å². The molecule has 0 aromatic rings. The highest BCUT2D eigenvalue weighted by molar-refractivity contribution is 9.09. The van der Waals surface area contributed by atoms with Gasteiger partial charge in [0.1, 0.15) is 5.78 Å². The maximum absolute atomic E-state index is 11.1. The average molecular weight is 219 g/mol. The quantitative estimate of drug-likeness (QED) is 0.572. The molecule has 0 amide bonds. The van der Waals surface area contributed by atoms with Crippen LogP contribution in [-0.2, 0) is 4.79 Å². The molecule has 1 rings (SSSR count). The molecule has 1 aliphatic rings. The van der Waals surface area contributed by atoms with E-state index < -0.39 is 0 Å². The molecule has 0 N–H and O–H groups in total. The standard InChI is InChI=1S/C9H15BrO/c10-8-4-1-2-6-9(11)7-3-5-8/h8H,1-7H2. The second-order valence-corrected chi connectivity index (χ2v) is 4.57. The molecule has 11 heavy (non-hydrogen) atoms.